The smallest absolute Gasteiger partial charge is 0.0702 e. The SMILES string of the molecule is c1cc2c(c(NC3CCOC4(CCC4)C3)c1)CCCC2. The molecule has 1 atom stereocenters. The number of ether oxygens (including phenoxy) is 1. The maximum Gasteiger partial charge on any atom is 0.0702 e. The quantitative estimate of drug-likeness (QED) is 0.875. The molecule has 1 saturated heterocycles. The summed E-state index contributed by atoms with van der Waals surface area (Å²) in [7, 11) is 0. The largest absolute Gasteiger partial charge is 0.382 e. The van der Waals surface area contributed by atoms with Crippen LogP contribution in [0.3, 0.4) is 0 Å². The molecule has 1 unspecified atom stereocenters. The predicted molar refractivity (Wildman–Crippen MR) is 82.3 cm³/mol. The molecule has 0 radical (unpaired) electrons. The van der Waals surface area contributed by atoms with Crippen molar-refractivity contribution in [2.75, 3.05) is 11.9 Å². The highest BCUT2D eigenvalue weighted by molar-refractivity contribution is 5.56. The van der Waals surface area contributed by atoms with E-state index in [1.807, 2.05) is 0 Å². The van der Waals surface area contributed by atoms with Gasteiger partial charge in [-0.05, 0) is 75.0 Å². The number of rotatable bonds is 2. The van der Waals surface area contributed by atoms with Crippen molar-refractivity contribution in [3.63, 3.8) is 0 Å². The van der Waals surface area contributed by atoms with E-state index in [1.54, 1.807) is 11.1 Å². The van der Waals surface area contributed by atoms with Gasteiger partial charge in [-0.3, -0.25) is 0 Å². The maximum absolute atomic E-state index is 6.04. The molecule has 0 bridgehead atoms. The van der Waals surface area contributed by atoms with Crippen molar-refractivity contribution in [3.8, 4) is 0 Å². The lowest BCUT2D eigenvalue weighted by molar-refractivity contribution is -0.130. The molecule has 2 nitrogen and oxygen atoms in total. The molecular formula is C18H25NO. The third-order valence-corrected chi connectivity index (χ3v) is 5.51. The van der Waals surface area contributed by atoms with Crippen molar-refractivity contribution in [2.24, 2.45) is 0 Å². The second-order valence-electron chi connectivity index (χ2n) is 6.87. The van der Waals surface area contributed by atoms with Gasteiger partial charge in [0.1, 0.15) is 0 Å². The molecule has 1 aliphatic heterocycles. The summed E-state index contributed by atoms with van der Waals surface area (Å²) in [6.45, 7) is 0.937. The summed E-state index contributed by atoms with van der Waals surface area (Å²) in [4.78, 5) is 0. The van der Waals surface area contributed by atoms with Crippen LogP contribution in [0, 0.1) is 0 Å². The van der Waals surface area contributed by atoms with E-state index in [0.717, 1.165) is 13.0 Å². The molecule has 3 aliphatic rings. The lowest BCUT2D eigenvalue weighted by Gasteiger charge is -2.47. The first-order valence-electron chi connectivity index (χ1n) is 8.36. The van der Waals surface area contributed by atoms with E-state index in [9.17, 15) is 0 Å². The molecule has 2 heteroatoms. The number of anilines is 1. The van der Waals surface area contributed by atoms with Crippen LogP contribution in [-0.4, -0.2) is 18.2 Å². The number of benzene rings is 1. The summed E-state index contributed by atoms with van der Waals surface area (Å²) in [5.41, 5.74) is 4.81. The zero-order chi connectivity index (χ0) is 13.4. The van der Waals surface area contributed by atoms with Gasteiger partial charge in [0, 0.05) is 18.3 Å². The minimum absolute atomic E-state index is 0.241. The van der Waals surface area contributed by atoms with E-state index in [0.29, 0.717) is 6.04 Å². The number of fused-ring (bicyclic) bond motifs is 1. The first kappa shape index (κ1) is 12.7. The molecule has 4 rings (SSSR count). The Labute approximate surface area is 121 Å². The van der Waals surface area contributed by atoms with E-state index in [-0.39, 0.29) is 5.60 Å². The molecule has 1 aromatic carbocycles. The average molecular weight is 271 g/mol. The lowest BCUT2D eigenvalue weighted by atomic mass is 9.74. The summed E-state index contributed by atoms with van der Waals surface area (Å²) in [5.74, 6) is 0. The van der Waals surface area contributed by atoms with Gasteiger partial charge in [-0.25, -0.2) is 0 Å². The minimum Gasteiger partial charge on any atom is -0.382 e. The highest BCUT2D eigenvalue weighted by Crippen LogP contribution is 2.43. The van der Waals surface area contributed by atoms with Crippen LogP contribution in [0.4, 0.5) is 5.69 Å². The van der Waals surface area contributed by atoms with Gasteiger partial charge in [0.25, 0.3) is 0 Å². The van der Waals surface area contributed by atoms with Gasteiger partial charge < -0.3 is 10.1 Å². The van der Waals surface area contributed by atoms with Crippen molar-refractivity contribution in [3.05, 3.63) is 29.3 Å². The Balaban J connectivity index is 1.51. The molecule has 20 heavy (non-hydrogen) atoms. The van der Waals surface area contributed by atoms with Crippen LogP contribution in [0.15, 0.2) is 18.2 Å². The number of hydrogen-bond acceptors (Lipinski definition) is 2. The van der Waals surface area contributed by atoms with Gasteiger partial charge in [0.15, 0.2) is 0 Å². The molecule has 2 aliphatic carbocycles. The third kappa shape index (κ3) is 2.24. The second kappa shape index (κ2) is 5.07. The standard InChI is InChI=1S/C18H25NO/c1-2-7-16-14(5-1)6-3-8-17(16)19-15-9-12-20-18(13-15)10-4-11-18/h3,6,8,15,19H,1-2,4-5,7,9-13H2. The van der Waals surface area contributed by atoms with Crippen molar-refractivity contribution < 1.29 is 4.74 Å². The highest BCUT2D eigenvalue weighted by atomic mass is 16.5. The van der Waals surface area contributed by atoms with Gasteiger partial charge in [-0.1, -0.05) is 12.1 Å². The normalized spacial score (nSPS) is 27.7. The average Bonchev–Trinajstić information content (AvgIpc) is 2.46. The summed E-state index contributed by atoms with van der Waals surface area (Å²) in [6.07, 6.45) is 11.5. The molecule has 1 heterocycles. The van der Waals surface area contributed by atoms with Crippen LogP contribution < -0.4 is 5.32 Å². The molecule has 0 aromatic heterocycles. The molecule has 1 N–H and O–H groups in total. The van der Waals surface area contributed by atoms with Crippen LogP contribution in [-0.2, 0) is 17.6 Å². The summed E-state index contributed by atoms with van der Waals surface area (Å²) >= 11 is 0. The molecule has 0 amide bonds. The highest BCUT2D eigenvalue weighted by Gasteiger charge is 2.42. The Bertz CT molecular complexity index is 492. The molecular weight excluding hydrogens is 246 g/mol. The Morgan fingerprint density at radius 2 is 2.00 bits per heavy atom. The van der Waals surface area contributed by atoms with Crippen LogP contribution in [0.1, 0.15) is 56.1 Å². The number of hydrogen-bond donors (Lipinski definition) is 1. The van der Waals surface area contributed by atoms with Crippen molar-refractivity contribution in [1.82, 2.24) is 0 Å². The van der Waals surface area contributed by atoms with Crippen molar-refractivity contribution in [1.29, 1.82) is 0 Å². The van der Waals surface area contributed by atoms with E-state index >= 15 is 0 Å². The fourth-order valence-electron chi connectivity index (χ4n) is 4.21. The third-order valence-electron chi connectivity index (χ3n) is 5.51. The topological polar surface area (TPSA) is 21.3 Å². The second-order valence-corrected chi connectivity index (χ2v) is 6.87. The Hall–Kier alpha value is -1.02. The Morgan fingerprint density at radius 3 is 2.85 bits per heavy atom. The molecule has 1 saturated carbocycles. The van der Waals surface area contributed by atoms with Gasteiger partial charge >= 0.3 is 0 Å². The van der Waals surface area contributed by atoms with E-state index in [1.165, 1.54) is 57.1 Å². The monoisotopic (exact) mass is 271 g/mol. The van der Waals surface area contributed by atoms with E-state index in [2.05, 4.69) is 23.5 Å². The van der Waals surface area contributed by atoms with Crippen LogP contribution in [0.5, 0.6) is 0 Å². The first-order valence-corrected chi connectivity index (χ1v) is 8.36. The summed E-state index contributed by atoms with van der Waals surface area (Å²) < 4.78 is 6.04. The Morgan fingerprint density at radius 1 is 1.10 bits per heavy atom. The van der Waals surface area contributed by atoms with E-state index < -0.39 is 0 Å². The summed E-state index contributed by atoms with van der Waals surface area (Å²) in [5, 5.41) is 3.85. The molecule has 2 fully saturated rings. The van der Waals surface area contributed by atoms with Crippen LogP contribution in [0.25, 0.3) is 0 Å². The minimum atomic E-state index is 0.241. The lowest BCUT2D eigenvalue weighted by Crippen LogP contribution is -2.49. The first-order chi connectivity index (χ1) is 9.85. The fourth-order valence-corrected chi connectivity index (χ4v) is 4.21. The van der Waals surface area contributed by atoms with Crippen molar-refractivity contribution >= 4 is 5.69 Å². The summed E-state index contributed by atoms with van der Waals surface area (Å²) in [6, 6.07) is 7.44. The van der Waals surface area contributed by atoms with Crippen LogP contribution >= 0.6 is 0 Å². The van der Waals surface area contributed by atoms with Crippen LogP contribution in [0.2, 0.25) is 0 Å². The zero-order valence-electron chi connectivity index (χ0n) is 12.3. The number of nitrogens with one attached hydrogen (secondary N) is 1. The van der Waals surface area contributed by atoms with E-state index in [4.69, 9.17) is 4.74 Å². The maximum atomic E-state index is 6.04. The number of aryl methyl sites for hydroxylation is 1. The van der Waals surface area contributed by atoms with Crippen molar-refractivity contribution in [2.45, 2.75) is 69.4 Å². The van der Waals surface area contributed by atoms with Gasteiger partial charge in [0.05, 0.1) is 5.60 Å². The fraction of sp³-hybridized carbons (Fsp3) is 0.667. The molecule has 108 valence electrons. The molecule has 1 aromatic rings. The zero-order valence-corrected chi connectivity index (χ0v) is 12.3. The Kier molecular flexibility index (Phi) is 3.22. The predicted octanol–water partition coefficient (Wildman–Crippen LogP) is 4.08. The van der Waals surface area contributed by atoms with Gasteiger partial charge in [0.2, 0.25) is 0 Å². The molecule has 1 spiro atoms. The van der Waals surface area contributed by atoms with Gasteiger partial charge in [-0.15, -0.1) is 0 Å². The van der Waals surface area contributed by atoms with Gasteiger partial charge in [-0.2, -0.15) is 0 Å².